The van der Waals surface area contributed by atoms with Gasteiger partial charge in [0, 0.05) is 24.5 Å². The second-order valence-corrected chi connectivity index (χ2v) is 7.66. The molecule has 0 amide bonds. The van der Waals surface area contributed by atoms with E-state index in [2.05, 4.69) is 10.2 Å². The van der Waals surface area contributed by atoms with Crippen molar-refractivity contribution in [2.45, 2.75) is 45.7 Å². The maximum absolute atomic E-state index is 12.0. The van der Waals surface area contributed by atoms with Crippen LogP contribution in [0.15, 0.2) is 18.2 Å². The topological polar surface area (TPSA) is 76.6 Å². The predicted molar refractivity (Wildman–Crippen MR) is 110 cm³/mol. The fourth-order valence-electron chi connectivity index (χ4n) is 3.67. The van der Waals surface area contributed by atoms with E-state index in [1.54, 1.807) is 7.11 Å². The number of aromatic nitrogens is 2. The van der Waals surface area contributed by atoms with Crippen LogP contribution in [-0.2, 0) is 9.53 Å². The van der Waals surface area contributed by atoms with Gasteiger partial charge in [0.15, 0.2) is 0 Å². The zero-order valence-electron chi connectivity index (χ0n) is 17.4. The van der Waals surface area contributed by atoms with Crippen LogP contribution in [0.2, 0.25) is 0 Å². The van der Waals surface area contributed by atoms with Gasteiger partial charge in [0.25, 0.3) is 0 Å². The molecule has 1 aromatic carbocycles. The smallest absolute Gasteiger partial charge is 0.323 e. The maximum atomic E-state index is 12.0. The second kappa shape index (κ2) is 8.73. The summed E-state index contributed by atoms with van der Waals surface area (Å²) in [6.07, 6.45) is 1.87. The molecule has 2 heterocycles. The number of esters is 1. The first-order chi connectivity index (χ1) is 13.4. The Bertz CT molecular complexity index is 832. The van der Waals surface area contributed by atoms with Crippen molar-refractivity contribution in [2.24, 2.45) is 5.92 Å². The molecule has 1 aliphatic heterocycles. The number of fused-ring (bicyclic) bond motifs is 1. The normalized spacial score (nSPS) is 16.4. The van der Waals surface area contributed by atoms with E-state index in [1.165, 1.54) is 7.11 Å². The lowest BCUT2D eigenvalue weighted by Gasteiger charge is -2.35. The molecular formula is C21H30N4O3. The summed E-state index contributed by atoms with van der Waals surface area (Å²) >= 11 is 0. The molecule has 152 valence electrons. The third kappa shape index (κ3) is 4.35. The van der Waals surface area contributed by atoms with Crippen molar-refractivity contribution >= 4 is 22.8 Å². The highest BCUT2D eigenvalue weighted by atomic mass is 16.5. The summed E-state index contributed by atoms with van der Waals surface area (Å²) in [4.78, 5) is 23.7. The number of rotatable bonds is 6. The summed E-state index contributed by atoms with van der Waals surface area (Å²) in [5.74, 6) is 1.57. The Morgan fingerprint density at radius 2 is 1.93 bits per heavy atom. The van der Waals surface area contributed by atoms with Crippen LogP contribution in [0.25, 0.3) is 10.9 Å². The maximum Gasteiger partial charge on any atom is 0.323 e. The van der Waals surface area contributed by atoms with Gasteiger partial charge in [-0.05, 0) is 43.9 Å². The van der Waals surface area contributed by atoms with Gasteiger partial charge >= 0.3 is 5.97 Å². The fraction of sp³-hybridized carbons (Fsp3) is 0.571. The molecule has 0 saturated carbocycles. The number of nitrogens with zero attached hydrogens (tertiary/aromatic N) is 3. The highest BCUT2D eigenvalue weighted by Gasteiger charge is 2.28. The highest BCUT2D eigenvalue weighted by molar-refractivity contribution is 5.83. The van der Waals surface area contributed by atoms with Crippen molar-refractivity contribution in [1.29, 1.82) is 0 Å². The van der Waals surface area contributed by atoms with Crippen LogP contribution in [0.3, 0.4) is 0 Å². The van der Waals surface area contributed by atoms with Crippen molar-refractivity contribution in [3.05, 3.63) is 23.9 Å². The summed E-state index contributed by atoms with van der Waals surface area (Å²) in [6, 6.07) is 5.89. The zero-order valence-corrected chi connectivity index (χ0v) is 17.4. The van der Waals surface area contributed by atoms with E-state index in [0.717, 1.165) is 54.2 Å². The SMILES string of the molecule is COC(=O)[C@@H](NC1CCN(c2nc(C)c3cc(OC)ccc3n2)CC1)C(C)C. The number of anilines is 1. The van der Waals surface area contributed by atoms with E-state index >= 15 is 0 Å². The Morgan fingerprint density at radius 1 is 1.21 bits per heavy atom. The van der Waals surface area contributed by atoms with Gasteiger partial charge in [-0.15, -0.1) is 0 Å². The minimum Gasteiger partial charge on any atom is -0.497 e. The largest absolute Gasteiger partial charge is 0.497 e. The molecule has 1 saturated heterocycles. The first-order valence-electron chi connectivity index (χ1n) is 9.84. The molecule has 0 bridgehead atoms. The van der Waals surface area contributed by atoms with Gasteiger partial charge in [0.05, 0.1) is 25.4 Å². The molecule has 0 unspecified atom stereocenters. The van der Waals surface area contributed by atoms with Crippen molar-refractivity contribution in [3.8, 4) is 5.75 Å². The molecule has 7 nitrogen and oxygen atoms in total. The number of benzene rings is 1. The van der Waals surface area contributed by atoms with Crippen molar-refractivity contribution in [3.63, 3.8) is 0 Å². The lowest BCUT2D eigenvalue weighted by Crippen LogP contribution is -2.51. The second-order valence-electron chi connectivity index (χ2n) is 7.66. The number of methoxy groups -OCH3 is 2. The van der Waals surface area contributed by atoms with E-state index in [-0.39, 0.29) is 24.0 Å². The van der Waals surface area contributed by atoms with E-state index in [1.807, 2.05) is 39.0 Å². The molecule has 7 heteroatoms. The molecule has 0 aliphatic carbocycles. The summed E-state index contributed by atoms with van der Waals surface area (Å²) in [5.41, 5.74) is 1.87. The number of ether oxygens (including phenoxy) is 2. The number of hydrogen-bond donors (Lipinski definition) is 1. The zero-order chi connectivity index (χ0) is 20.3. The van der Waals surface area contributed by atoms with Crippen LogP contribution in [0.4, 0.5) is 5.95 Å². The van der Waals surface area contributed by atoms with Gasteiger partial charge in [-0.1, -0.05) is 13.8 Å². The quantitative estimate of drug-likeness (QED) is 0.765. The number of aryl methyl sites for hydroxylation is 1. The molecule has 2 aromatic rings. The van der Waals surface area contributed by atoms with Crippen LogP contribution < -0.4 is 15.0 Å². The van der Waals surface area contributed by atoms with Gasteiger partial charge in [0.2, 0.25) is 5.95 Å². The molecule has 28 heavy (non-hydrogen) atoms. The van der Waals surface area contributed by atoms with Gasteiger partial charge in [0.1, 0.15) is 11.8 Å². The number of nitrogens with one attached hydrogen (secondary N) is 1. The predicted octanol–water partition coefficient (Wildman–Crippen LogP) is 2.70. The van der Waals surface area contributed by atoms with Crippen LogP contribution >= 0.6 is 0 Å². The van der Waals surface area contributed by atoms with Crippen LogP contribution in [0.1, 0.15) is 32.4 Å². The molecule has 0 radical (unpaired) electrons. The van der Waals surface area contributed by atoms with E-state index in [9.17, 15) is 4.79 Å². The highest BCUT2D eigenvalue weighted by Crippen LogP contribution is 2.25. The summed E-state index contributed by atoms with van der Waals surface area (Å²) in [5, 5.41) is 4.49. The average molecular weight is 386 g/mol. The first-order valence-corrected chi connectivity index (χ1v) is 9.84. The minimum absolute atomic E-state index is 0.189. The third-order valence-electron chi connectivity index (χ3n) is 5.40. The molecule has 1 N–H and O–H groups in total. The lowest BCUT2D eigenvalue weighted by molar-refractivity contribution is -0.144. The summed E-state index contributed by atoms with van der Waals surface area (Å²) in [7, 11) is 3.10. The van der Waals surface area contributed by atoms with Crippen LogP contribution in [0, 0.1) is 12.8 Å². The Hall–Kier alpha value is -2.41. The minimum atomic E-state index is -0.268. The Labute approximate surface area is 166 Å². The number of piperidine rings is 1. The Morgan fingerprint density at radius 3 is 2.54 bits per heavy atom. The van der Waals surface area contributed by atoms with Gasteiger partial charge in [-0.3, -0.25) is 4.79 Å². The standard InChI is InChI=1S/C21H30N4O3/c1-13(2)19(20(26)28-5)23-15-8-10-25(11-9-15)21-22-14(3)17-12-16(27-4)6-7-18(17)24-21/h6-7,12-13,15,19,23H,8-11H2,1-5H3/t19-/m0/s1. The van der Waals surface area contributed by atoms with Crippen LogP contribution in [0.5, 0.6) is 5.75 Å². The number of carbonyl (C=O) groups is 1. The molecule has 1 atom stereocenters. The van der Waals surface area contributed by atoms with Gasteiger partial charge in [-0.2, -0.15) is 0 Å². The Kier molecular flexibility index (Phi) is 6.34. The average Bonchev–Trinajstić information content (AvgIpc) is 2.71. The van der Waals surface area contributed by atoms with Crippen molar-refractivity contribution in [2.75, 3.05) is 32.2 Å². The van der Waals surface area contributed by atoms with E-state index in [4.69, 9.17) is 19.4 Å². The summed E-state index contributed by atoms with van der Waals surface area (Å²) in [6.45, 7) is 7.77. The molecular weight excluding hydrogens is 356 g/mol. The molecule has 0 spiro atoms. The first kappa shape index (κ1) is 20.3. The molecule has 1 aromatic heterocycles. The number of hydrogen-bond acceptors (Lipinski definition) is 7. The van der Waals surface area contributed by atoms with Crippen LogP contribution in [-0.4, -0.2) is 55.3 Å². The van der Waals surface area contributed by atoms with Crippen molar-refractivity contribution in [1.82, 2.24) is 15.3 Å². The van der Waals surface area contributed by atoms with Gasteiger partial charge < -0.3 is 19.7 Å². The summed E-state index contributed by atoms with van der Waals surface area (Å²) < 4.78 is 10.2. The van der Waals surface area contributed by atoms with E-state index < -0.39 is 0 Å². The lowest BCUT2D eigenvalue weighted by atomic mass is 9.99. The number of carbonyl (C=O) groups excluding carboxylic acids is 1. The Balaban J connectivity index is 1.68. The van der Waals surface area contributed by atoms with Crippen molar-refractivity contribution < 1.29 is 14.3 Å². The molecule has 1 aliphatic rings. The molecule has 3 rings (SSSR count). The van der Waals surface area contributed by atoms with E-state index in [0.29, 0.717) is 0 Å². The van der Waals surface area contributed by atoms with Gasteiger partial charge in [-0.25, -0.2) is 9.97 Å². The molecule has 1 fully saturated rings. The fourth-order valence-corrected chi connectivity index (χ4v) is 3.67. The third-order valence-corrected chi connectivity index (χ3v) is 5.40. The monoisotopic (exact) mass is 386 g/mol.